The van der Waals surface area contributed by atoms with Gasteiger partial charge in [-0.2, -0.15) is 0 Å². The number of anilines is 2. The fourth-order valence-corrected chi connectivity index (χ4v) is 2.64. The van der Waals surface area contributed by atoms with E-state index >= 15 is 0 Å². The summed E-state index contributed by atoms with van der Waals surface area (Å²) in [5.74, 6) is 0.782. The van der Waals surface area contributed by atoms with Crippen molar-refractivity contribution >= 4 is 34.3 Å². The third kappa shape index (κ3) is 3.55. The molecule has 0 aliphatic carbocycles. The Bertz CT molecular complexity index is 527. The van der Waals surface area contributed by atoms with Crippen LogP contribution in [0.2, 0.25) is 4.34 Å². The number of benzene rings is 1. The maximum atomic E-state index is 5.88. The highest BCUT2D eigenvalue weighted by Gasteiger charge is 2.01. The van der Waals surface area contributed by atoms with Gasteiger partial charge in [-0.25, -0.2) is 0 Å². The van der Waals surface area contributed by atoms with E-state index in [1.165, 1.54) is 4.88 Å². The van der Waals surface area contributed by atoms with Crippen LogP contribution in [0.4, 0.5) is 11.4 Å². The van der Waals surface area contributed by atoms with Crippen LogP contribution in [-0.4, -0.2) is 6.61 Å². The fraction of sp³-hybridized carbons (Fsp3) is 0.231. The molecule has 2 aromatic rings. The quantitative estimate of drug-likeness (QED) is 0.815. The van der Waals surface area contributed by atoms with Crippen molar-refractivity contribution in [3.8, 4) is 5.75 Å². The number of nitrogens with two attached hydrogens (primary N) is 1. The predicted molar refractivity (Wildman–Crippen MR) is 78.7 cm³/mol. The van der Waals surface area contributed by atoms with Crippen molar-refractivity contribution < 1.29 is 4.74 Å². The van der Waals surface area contributed by atoms with Gasteiger partial charge in [0.25, 0.3) is 0 Å². The number of rotatable bonds is 5. The number of thiophene rings is 1. The molecule has 0 bridgehead atoms. The Morgan fingerprint density at radius 1 is 1.33 bits per heavy atom. The summed E-state index contributed by atoms with van der Waals surface area (Å²) in [5, 5.41) is 3.31. The Labute approximate surface area is 116 Å². The zero-order valence-corrected chi connectivity index (χ0v) is 11.6. The van der Waals surface area contributed by atoms with E-state index in [9.17, 15) is 0 Å². The highest BCUT2D eigenvalue weighted by Crippen LogP contribution is 2.25. The molecule has 0 saturated heterocycles. The molecule has 3 nitrogen and oxygen atoms in total. The van der Waals surface area contributed by atoms with Crippen LogP contribution >= 0.6 is 22.9 Å². The first-order chi connectivity index (χ1) is 8.67. The average molecular weight is 283 g/mol. The van der Waals surface area contributed by atoms with Gasteiger partial charge in [-0.1, -0.05) is 11.6 Å². The molecule has 0 spiro atoms. The summed E-state index contributed by atoms with van der Waals surface area (Å²) < 4.78 is 6.25. The predicted octanol–water partition coefficient (Wildman–Crippen LogP) is 3.99. The third-order valence-corrected chi connectivity index (χ3v) is 3.57. The van der Waals surface area contributed by atoms with Crippen molar-refractivity contribution in [1.82, 2.24) is 0 Å². The third-order valence-electron chi connectivity index (χ3n) is 2.34. The Balaban J connectivity index is 2.04. The molecule has 96 valence electrons. The molecule has 0 aliphatic rings. The summed E-state index contributed by atoms with van der Waals surface area (Å²) in [5.41, 5.74) is 7.46. The minimum atomic E-state index is 0.628. The van der Waals surface area contributed by atoms with E-state index in [2.05, 4.69) is 5.32 Å². The van der Waals surface area contributed by atoms with Crippen molar-refractivity contribution in [2.24, 2.45) is 0 Å². The maximum absolute atomic E-state index is 5.88. The molecule has 5 heteroatoms. The second kappa shape index (κ2) is 5.98. The van der Waals surface area contributed by atoms with Gasteiger partial charge in [-0.15, -0.1) is 11.3 Å². The number of nitrogen functional groups attached to an aromatic ring is 1. The van der Waals surface area contributed by atoms with Crippen molar-refractivity contribution in [2.75, 3.05) is 17.7 Å². The van der Waals surface area contributed by atoms with Gasteiger partial charge in [0.1, 0.15) is 5.75 Å². The van der Waals surface area contributed by atoms with Crippen LogP contribution in [0.1, 0.15) is 11.8 Å². The summed E-state index contributed by atoms with van der Waals surface area (Å²) in [6.45, 7) is 3.31. The fourth-order valence-electron chi connectivity index (χ4n) is 1.61. The van der Waals surface area contributed by atoms with Gasteiger partial charge in [0.2, 0.25) is 0 Å². The summed E-state index contributed by atoms with van der Waals surface area (Å²) in [6, 6.07) is 9.55. The molecule has 0 fully saturated rings. The number of nitrogens with one attached hydrogen (secondary N) is 1. The lowest BCUT2D eigenvalue weighted by molar-refractivity contribution is 0.340. The Morgan fingerprint density at radius 3 is 2.83 bits per heavy atom. The Morgan fingerprint density at radius 2 is 2.17 bits per heavy atom. The van der Waals surface area contributed by atoms with E-state index < -0.39 is 0 Å². The minimum Gasteiger partial charge on any atom is -0.494 e. The van der Waals surface area contributed by atoms with Gasteiger partial charge in [-0.3, -0.25) is 0 Å². The van der Waals surface area contributed by atoms with Gasteiger partial charge in [0.05, 0.1) is 10.9 Å². The molecule has 1 aromatic heterocycles. The van der Waals surface area contributed by atoms with E-state index in [0.29, 0.717) is 12.3 Å². The first kappa shape index (κ1) is 13.1. The maximum Gasteiger partial charge on any atom is 0.123 e. The van der Waals surface area contributed by atoms with Crippen molar-refractivity contribution in [3.05, 3.63) is 39.5 Å². The van der Waals surface area contributed by atoms with Crippen LogP contribution in [0.5, 0.6) is 5.75 Å². The number of hydrogen-bond acceptors (Lipinski definition) is 4. The van der Waals surface area contributed by atoms with E-state index in [4.69, 9.17) is 22.1 Å². The summed E-state index contributed by atoms with van der Waals surface area (Å²) in [6.07, 6.45) is 0. The average Bonchev–Trinajstić information content (AvgIpc) is 2.72. The van der Waals surface area contributed by atoms with Gasteiger partial charge in [0, 0.05) is 34.9 Å². The Kier molecular flexibility index (Phi) is 4.33. The van der Waals surface area contributed by atoms with Gasteiger partial charge >= 0.3 is 0 Å². The van der Waals surface area contributed by atoms with E-state index in [-0.39, 0.29) is 0 Å². The van der Waals surface area contributed by atoms with E-state index in [1.54, 1.807) is 11.3 Å². The molecular weight excluding hydrogens is 268 g/mol. The van der Waals surface area contributed by atoms with Crippen LogP contribution in [0.15, 0.2) is 30.3 Å². The molecule has 18 heavy (non-hydrogen) atoms. The van der Waals surface area contributed by atoms with Crippen molar-refractivity contribution in [3.63, 3.8) is 0 Å². The first-order valence-electron chi connectivity index (χ1n) is 5.69. The van der Waals surface area contributed by atoms with Crippen LogP contribution in [0, 0.1) is 0 Å². The molecule has 0 amide bonds. The summed E-state index contributed by atoms with van der Waals surface area (Å²) >= 11 is 7.45. The van der Waals surface area contributed by atoms with Crippen LogP contribution in [0.25, 0.3) is 0 Å². The highest BCUT2D eigenvalue weighted by molar-refractivity contribution is 7.16. The normalized spacial score (nSPS) is 10.3. The Hall–Kier alpha value is -1.39. The van der Waals surface area contributed by atoms with E-state index in [1.807, 2.05) is 37.3 Å². The highest BCUT2D eigenvalue weighted by atomic mass is 35.5. The van der Waals surface area contributed by atoms with Gasteiger partial charge in [-0.05, 0) is 25.1 Å². The second-order valence-electron chi connectivity index (χ2n) is 3.78. The van der Waals surface area contributed by atoms with Crippen LogP contribution in [-0.2, 0) is 6.54 Å². The zero-order chi connectivity index (χ0) is 13.0. The smallest absolute Gasteiger partial charge is 0.123 e. The monoisotopic (exact) mass is 282 g/mol. The molecule has 0 atom stereocenters. The molecule has 1 aromatic carbocycles. The largest absolute Gasteiger partial charge is 0.494 e. The summed E-state index contributed by atoms with van der Waals surface area (Å²) in [4.78, 5) is 1.18. The van der Waals surface area contributed by atoms with Gasteiger partial charge < -0.3 is 15.8 Å². The number of halogens is 1. The molecule has 0 radical (unpaired) electrons. The number of ether oxygens (including phenoxy) is 1. The molecule has 1 heterocycles. The molecule has 0 unspecified atom stereocenters. The minimum absolute atomic E-state index is 0.628. The molecule has 2 rings (SSSR count). The summed E-state index contributed by atoms with van der Waals surface area (Å²) in [7, 11) is 0. The first-order valence-corrected chi connectivity index (χ1v) is 6.88. The van der Waals surface area contributed by atoms with Crippen LogP contribution < -0.4 is 15.8 Å². The van der Waals surface area contributed by atoms with E-state index in [0.717, 1.165) is 22.3 Å². The zero-order valence-electron chi connectivity index (χ0n) is 10.1. The molecule has 0 aliphatic heterocycles. The molecular formula is C13H15ClN2OS. The van der Waals surface area contributed by atoms with Crippen molar-refractivity contribution in [1.29, 1.82) is 0 Å². The second-order valence-corrected chi connectivity index (χ2v) is 5.58. The van der Waals surface area contributed by atoms with Crippen LogP contribution in [0.3, 0.4) is 0 Å². The van der Waals surface area contributed by atoms with Gasteiger partial charge in [0.15, 0.2) is 0 Å². The topological polar surface area (TPSA) is 47.3 Å². The lowest BCUT2D eigenvalue weighted by atomic mass is 10.2. The standard InChI is InChI=1S/C13H15ClN2OS/c1-2-17-11-6-9(15)5-10(7-11)16-8-12-3-4-13(14)18-12/h3-7,16H,2,8,15H2,1H3. The SMILES string of the molecule is CCOc1cc(N)cc(NCc2ccc(Cl)s2)c1. The lowest BCUT2D eigenvalue weighted by Crippen LogP contribution is -2.00. The molecule has 3 N–H and O–H groups in total. The lowest BCUT2D eigenvalue weighted by Gasteiger charge is -2.09. The number of hydrogen-bond donors (Lipinski definition) is 2. The van der Waals surface area contributed by atoms with Crippen molar-refractivity contribution in [2.45, 2.75) is 13.5 Å². The molecule has 0 saturated carbocycles.